The van der Waals surface area contributed by atoms with Gasteiger partial charge < -0.3 is 10.6 Å². The highest BCUT2D eigenvalue weighted by molar-refractivity contribution is 5.53. The summed E-state index contributed by atoms with van der Waals surface area (Å²) in [5.41, 5.74) is 9.29. The zero-order valence-electron chi connectivity index (χ0n) is 8.83. The Kier molecular flexibility index (Phi) is 1.70. The van der Waals surface area contributed by atoms with Crippen LogP contribution in [-0.4, -0.2) is 0 Å². The fourth-order valence-electron chi connectivity index (χ4n) is 2.85. The van der Waals surface area contributed by atoms with E-state index in [4.69, 9.17) is 0 Å². The topological polar surface area (TPSA) is 24.1 Å². The van der Waals surface area contributed by atoms with Gasteiger partial charge in [0.25, 0.3) is 0 Å². The number of rotatable bonds is 0. The molecular weight excluding hydrogens is 172 g/mol. The van der Waals surface area contributed by atoms with Crippen LogP contribution >= 0.6 is 0 Å². The van der Waals surface area contributed by atoms with Crippen LogP contribution in [0.5, 0.6) is 0 Å². The Labute approximate surface area is 84.7 Å². The molecule has 2 nitrogen and oxygen atoms in total. The highest BCUT2D eigenvalue weighted by Gasteiger charge is 2.24. The third-order valence-corrected chi connectivity index (χ3v) is 3.75. The summed E-state index contributed by atoms with van der Waals surface area (Å²) in [5.74, 6) is 0. The summed E-state index contributed by atoms with van der Waals surface area (Å²) < 4.78 is 0. The van der Waals surface area contributed by atoms with Crippen molar-refractivity contribution in [2.75, 3.05) is 0 Å². The third-order valence-electron chi connectivity index (χ3n) is 3.75. The molecule has 3 rings (SSSR count). The molecule has 14 heavy (non-hydrogen) atoms. The fraction of sp³-hybridized carbons (Fsp3) is 0.500. The van der Waals surface area contributed by atoms with Crippen LogP contribution in [0.4, 0.5) is 0 Å². The first kappa shape index (κ1) is 8.45. The Bertz CT molecular complexity index is 335. The molecule has 0 saturated carbocycles. The molecule has 74 valence electrons. The second kappa shape index (κ2) is 2.81. The zero-order valence-corrected chi connectivity index (χ0v) is 8.83. The standard InChI is InChI=1S/C12H16N2/c1-7-9-3-13-5-11(9)8(2)12-6-14-4-10(7)12/h13-14H,3-6H2,1-2H3. The summed E-state index contributed by atoms with van der Waals surface area (Å²) in [6, 6.07) is 0. The van der Waals surface area contributed by atoms with Crippen molar-refractivity contribution in [2.45, 2.75) is 40.0 Å². The number of hydrogen-bond acceptors (Lipinski definition) is 2. The van der Waals surface area contributed by atoms with Gasteiger partial charge in [-0.25, -0.2) is 0 Å². The van der Waals surface area contributed by atoms with Gasteiger partial charge in [0.1, 0.15) is 0 Å². The molecule has 0 amide bonds. The summed E-state index contributed by atoms with van der Waals surface area (Å²) in [6.07, 6.45) is 0. The van der Waals surface area contributed by atoms with E-state index in [1.807, 2.05) is 0 Å². The van der Waals surface area contributed by atoms with E-state index in [9.17, 15) is 0 Å². The number of hydrogen-bond donors (Lipinski definition) is 2. The Hall–Kier alpha value is -0.860. The zero-order chi connectivity index (χ0) is 9.71. The largest absolute Gasteiger partial charge is 0.309 e. The van der Waals surface area contributed by atoms with Crippen molar-refractivity contribution < 1.29 is 0 Å². The van der Waals surface area contributed by atoms with Gasteiger partial charge >= 0.3 is 0 Å². The first-order valence-corrected chi connectivity index (χ1v) is 5.33. The number of nitrogens with one attached hydrogen (secondary N) is 2. The second-order valence-electron chi connectivity index (χ2n) is 4.37. The molecule has 2 aliphatic heterocycles. The lowest BCUT2D eigenvalue weighted by Gasteiger charge is -2.13. The third kappa shape index (κ3) is 0.928. The van der Waals surface area contributed by atoms with Gasteiger partial charge in [0.2, 0.25) is 0 Å². The molecule has 0 aliphatic carbocycles. The number of benzene rings is 1. The maximum absolute atomic E-state index is 3.45. The lowest BCUT2D eigenvalue weighted by atomic mass is 9.90. The molecule has 0 saturated heterocycles. The van der Waals surface area contributed by atoms with E-state index < -0.39 is 0 Å². The molecule has 2 heterocycles. The molecule has 0 unspecified atom stereocenters. The van der Waals surface area contributed by atoms with E-state index in [1.54, 1.807) is 22.3 Å². The van der Waals surface area contributed by atoms with Gasteiger partial charge in [-0.05, 0) is 47.2 Å². The lowest BCUT2D eigenvalue weighted by Crippen LogP contribution is -2.03. The van der Waals surface area contributed by atoms with Crippen molar-refractivity contribution in [1.82, 2.24) is 10.6 Å². The number of fused-ring (bicyclic) bond motifs is 2. The minimum absolute atomic E-state index is 1.06. The monoisotopic (exact) mass is 188 g/mol. The van der Waals surface area contributed by atoms with Gasteiger partial charge in [0.15, 0.2) is 0 Å². The van der Waals surface area contributed by atoms with Crippen LogP contribution in [-0.2, 0) is 26.2 Å². The quantitative estimate of drug-likeness (QED) is 0.645. The van der Waals surface area contributed by atoms with Crippen LogP contribution in [0.2, 0.25) is 0 Å². The minimum Gasteiger partial charge on any atom is -0.309 e. The Morgan fingerprint density at radius 3 is 1.21 bits per heavy atom. The molecule has 2 aliphatic rings. The Balaban J connectivity index is 2.33. The highest BCUT2D eigenvalue weighted by atomic mass is 14.9. The maximum atomic E-state index is 3.45. The molecular formula is C12H16N2. The van der Waals surface area contributed by atoms with E-state index in [2.05, 4.69) is 24.5 Å². The van der Waals surface area contributed by atoms with Crippen LogP contribution < -0.4 is 10.6 Å². The summed E-state index contributed by atoms with van der Waals surface area (Å²) >= 11 is 0. The minimum atomic E-state index is 1.06. The molecule has 2 heteroatoms. The van der Waals surface area contributed by atoms with Crippen LogP contribution in [0.25, 0.3) is 0 Å². The maximum Gasteiger partial charge on any atom is 0.0214 e. The average Bonchev–Trinajstić information content (AvgIpc) is 2.82. The van der Waals surface area contributed by atoms with Crippen LogP contribution in [0.1, 0.15) is 33.4 Å². The lowest BCUT2D eigenvalue weighted by molar-refractivity contribution is 0.748. The smallest absolute Gasteiger partial charge is 0.0214 e. The molecule has 0 aromatic heterocycles. The molecule has 0 atom stereocenters. The summed E-state index contributed by atoms with van der Waals surface area (Å²) in [4.78, 5) is 0. The SMILES string of the molecule is Cc1c2c(c(C)c3c1CNC3)CNC2. The van der Waals surface area contributed by atoms with Crippen molar-refractivity contribution in [3.05, 3.63) is 33.4 Å². The molecule has 0 radical (unpaired) electrons. The average molecular weight is 188 g/mol. The molecule has 0 fully saturated rings. The first-order chi connectivity index (χ1) is 6.79. The van der Waals surface area contributed by atoms with Crippen LogP contribution in [0, 0.1) is 13.8 Å². The highest BCUT2D eigenvalue weighted by Crippen LogP contribution is 2.32. The second-order valence-corrected chi connectivity index (χ2v) is 4.37. The molecule has 2 N–H and O–H groups in total. The van der Waals surface area contributed by atoms with Gasteiger partial charge in [-0.1, -0.05) is 0 Å². The van der Waals surface area contributed by atoms with Crippen molar-refractivity contribution >= 4 is 0 Å². The molecule has 1 aromatic carbocycles. The van der Waals surface area contributed by atoms with Crippen molar-refractivity contribution in [1.29, 1.82) is 0 Å². The fourth-order valence-corrected chi connectivity index (χ4v) is 2.85. The van der Waals surface area contributed by atoms with Crippen molar-refractivity contribution in [3.63, 3.8) is 0 Å². The van der Waals surface area contributed by atoms with Gasteiger partial charge in [-0.15, -0.1) is 0 Å². The molecule has 0 bridgehead atoms. The van der Waals surface area contributed by atoms with Gasteiger partial charge in [0.05, 0.1) is 0 Å². The summed E-state index contributed by atoms with van der Waals surface area (Å²) in [6.45, 7) is 8.81. The predicted octanol–water partition coefficient (Wildman–Crippen LogP) is 1.51. The molecule has 1 aromatic rings. The molecule has 0 spiro atoms. The van der Waals surface area contributed by atoms with Gasteiger partial charge in [-0.3, -0.25) is 0 Å². The van der Waals surface area contributed by atoms with Crippen LogP contribution in [0.3, 0.4) is 0 Å². The van der Waals surface area contributed by atoms with E-state index in [1.165, 1.54) is 11.1 Å². The Morgan fingerprint density at radius 2 is 0.929 bits per heavy atom. The van der Waals surface area contributed by atoms with E-state index >= 15 is 0 Å². The van der Waals surface area contributed by atoms with E-state index in [0.717, 1.165) is 26.2 Å². The van der Waals surface area contributed by atoms with Gasteiger partial charge in [0, 0.05) is 26.2 Å². The van der Waals surface area contributed by atoms with Crippen molar-refractivity contribution in [3.8, 4) is 0 Å². The van der Waals surface area contributed by atoms with Crippen LogP contribution in [0.15, 0.2) is 0 Å². The normalized spacial score (nSPS) is 18.4. The van der Waals surface area contributed by atoms with Crippen molar-refractivity contribution in [2.24, 2.45) is 0 Å². The summed E-state index contributed by atoms with van der Waals surface area (Å²) in [7, 11) is 0. The van der Waals surface area contributed by atoms with E-state index in [-0.39, 0.29) is 0 Å². The first-order valence-electron chi connectivity index (χ1n) is 5.33. The predicted molar refractivity (Wildman–Crippen MR) is 57.0 cm³/mol. The van der Waals surface area contributed by atoms with Gasteiger partial charge in [-0.2, -0.15) is 0 Å². The Morgan fingerprint density at radius 1 is 0.643 bits per heavy atom. The van der Waals surface area contributed by atoms with E-state index in [0.29, 0.717) is 0 Å². The summed E-state index contributed by atoms with van der Waals surface area (Å²) in [5, 5.41) is 6.90.